The number of alkyl halides is 3. The molecule has 2 aromatic rings. The molecule has 3 rings (SSSR count). The molecule has 0 aliphatic carbocycles. The van der Waals surface area contributed by atoms with Crippen molar-refractivity contribution < 1.29 is 27.4 Å². The van der Waals surface area contributed by atoms with E-state index in [0.29, 0.717) is 24.4 Å². The number of benzene rings is 1. The lowest BCUT2D eigenvalue weighted by Gasteiger charge is -2.19. The summed E-state index contributed by atoms with van der Waals surface area (Å²) in [6.07, 6.45) is -0.359. The summed E-state index contributed by atoms with van der Waals surface area (Å²) in [6, 6.07) is 6.92. The van der Waals surface area contributed by atoms with Crippen molar-refractivity contribution in [3.05, 3.63) is 58.7 Å². The standard InChI is InChI=1S/C20H20F3N3O4/c1-2-9-29-19-25-16(13-7-8-24-17(27)10-13)11-18(28)26(19)14-3-5-15(6-4-14)30-12-20(21,22)23/h3-8,11,13H,2,9-10,12H2,1H3,(H,24,27). The lowest BCUT2D eigenvalue weighted by Crippen LogP contribution is -2.27. The maximum Gasteiger partial charge on any atom is 0.422 e. The van der Waals surface area contributed by atoms with Gasteiger partial charge in [-0.05, 0) is 30.7 Å². The van der Waals surface area contributed by atoms with E-state index >= 15 is 0 Å². The number of amides is 1. The molecule has 0 spiro atoms. The minimum atomic E-state index is -4.44. The summed E-state index contributed by atoms with van der Waals surface area (Å²) in [5.74, 6) is -0.523. The number of carbonyl (C=O) groups excluding carboxylic acids is 1. The van der Waals surface area contributed by atoms with Crippen LogP contribution in [0, 0.1) is 0 Å². The van der Waals surface area contributed by atoms with Gasteiger partial charge in [0.2, 0.25) is 5.91 Å². The SMILES string of the molecule is CCCOc1nc(C2C=CNC(=O)C2)cc(=O)n1-c1ccc(OCC(F)(F)F)cc1. The zero-order valence-corrected chi connectivity index (χ0v) is 16.1. The Bertz CT molecular complexity index is 984. The van der Waals surface area contributed by atoms with E-state index < -0.39 is 18.3 Å². The van der Waals surface area contributed by atoms with Crippen molar-refractivity contribution in [1.82, 2.24) is 14.9 Å². The minimum absolute atomic E-state index is 0.0167. The molecular weight excluding hydrogens is 403 g/mol. The van der Waals surface area contributed by atoms with Crippen molar-refractivity contribution in [2.24, 2.45) is 0 Å². The van der Waals surface area contributed by atoms with Gasteiger partial charge < -0.3 is 14.8 Å². The number of hydrogen-bond acceptors (Lipinski definition) is 5. The quantitative estimate of drug-likeness (QED) is 0.740. The van der Waals surface area contributed by atoms with Crippen LogP contribution in [0.4, 0.5) is 13.2 Å². The number of allylic oxidation sites excluding steroid dienone is 1. The summed E-state index contributed by atoms with van der Waals surface area (Å²) in [6.45, 7) is 0.798. The van der Waals surface area contributed by atoms with Crippen molar-refractivity contribution in [2.75, 3.05) is 13.2 Å². The fourth-order valence-corrected chi connectivity index (χ4v) is 2.84. The van der Waals surface area contributed by atoms with Gasteiger partial charge in [-0.15, -0.1) is 0 Å². The molecule has 1 N–H and O–H groups in total. The molecule has 30 heavy (non-hydrogen) atoms. The summed E-state index contributed by atoms with van der Waals surface area (Å²) >= 11 is 0. The molecule has 1 aromatic carbocycles. The molecule has 1 unspecified atom stereocenters. The molecule has 0 bridgehead atoms. The van der Waals surface area contributed by atoms with Crippen LogP contribution in [0.1, 0.15) is 31.4 Å². The van der Waals surface area contributed by atoms with Gasteiger partial charge in [-0.2, -0.15) is 13.2 Å². The molecule has 0 fully saturated rings. The number of hydrogen-bond donors (Lipinski definition) is 1. The van der Waals surface area contributed by atoms with E-state index in [2.05, 4.69) is 10.3 Å². The van der Waals surface area contributed by atoms with Gasteiger partial charge in [0, 0.05) is 24.6 Å². The van der Waals surface area contributed by atoms with Gasteiger partial charge in [-0.3, -0.25) is 9.59 Å². The molecule has 0 radical (unpaired) electrons. The van der Waals surface area contributed by atoms with E-state index in [0.717, 1.165) is 0 Å². The summed E-state index contributed by atoms with van der Waals surface area (Å²) < 4.78 is 48.5. The minimum Gasteiger partial charge on any atom is -0.484 e. The first-order valence-electron chi connectivity index (χ1n) is 9.29. The maximum absolute atomic E-state index is 12.8. The van der Waals surface area contributed by atoms with Crippen molar-refractivity contribution in [3.8, 4) is 17.4 Å². The van der Waals surface area contributed by atoms with Gasteiger partial charge in [-0.1, -0.05) is 13.0 Å². The Kier molecular flexibility index (Phi) is 6.43. The lowest BCUT2D eigenvalue weighted by atomic mass is 9.98. The highest BCUT2D eigenvalue weighted by atomic mass is 19.4. The predicted octanol–water partition coefficient (Wildman–Crippen LogP) is 3.08. The Hall–Kier alpha value is -3.30. The average Bonchev–Trinajstić information content (AvgIpc) is 2.70. The third-order valence-electron chi connectivity index (χ3n) is 4.20. The topological polar surface area (TPSA) is 82.5 Å². The third-order valence-corrected chi connectivity index (χ3v) is 4.20. The number of ether oxygens (including phenoxy) is 2. The van der Waals surface area contributed by atoms with Crippen LogP contribution in [-0.4, -0.2) is 34.8 Å². The molecule has 7 nitrogen and oxygen atoms in total. The zero-order chi connectivity index (χ0) is 21.7. The Morgan fingerprint density at radius 2 is 1.93 bits per heavy atom. The number of rotatable bonds is 7. The van der Waals surface area contributed by atoms with Gasteiger partial charge in [0.05, 0.1) is 18.0 Å². The van der Waals surface area contributed by atoms with E-state index in [1.807, 2.05) is 6.92 Å². The second-order valence-corrected chi connectivity index (χ2v) is 6.62. The van der Waals surface area contributed by atoms with Crippen LogP contribution in [0.3, 0.4) is 0 Å². The van der Waals surface area contributed by atoms with E-state index in [-0.39, 0.29) is 30.0 Å². The zero-order valence-electron chi connectivity index (χ0n) is 16.1. The van der Waals surface area contributed by atoms with Gasteiger partial charge in [0.15, 0.2) is 6.61 Å². The van der Waals surface area contributed by atoms with Gasteiger partial charge >= 0.3 is 12.2 Å². The number of halogens is 3. The van der Waals surface area contributed by atoms with Crippen molar-refractivity contribution in [3.63, 3.8) is 0 Å². The van der Waals surface area contributed by atoms with Crippen LogP contribution >= 0.6 is 0 Å². The van der Waals surface area contributed by atoms with E-state index in [1.165, 1.54) is 41.1 Å². The smallest absolute Gasteiger partial charge is 0.422 e. The number of carbonyl (C=O) groups is 1. The maximum atomic E-state index is 12.8. The number of nitrogens with one attached hydrogen (secondary N) is 1. The third kappa shape index (κ3) is 5.40. The molecule has 10 heteroatoms. The number of nitrogens with zero attached hydrogens (tertiary/aromatic N) is 2. The summed E-state index contributed by atoms with van der Waals surface area (Å²) in [7, 11) is 0. The molecule has 1 aliphatic rings. The molecule has 1 aromatic heterocycles. The highest BCUT2D eigenvalue weighted by Gasteiger charge is 2.28. The van der Waals surface area contributed by atoms with Crippen LogP contribution in [0.2, 0.25) is 0 Å². The normalized spacial score (nSPS) is 16.3. The molecule has 1 aliphatic heterocycles. The van der Waals surface area contributed by atoms with Crippen LogP contribution in [0.25, 0.3) is 5.69 Å². The second kappa shape index (κ2) is 9.02. The summed E-state index contributed by atoms with van der Waals surface area (Å²) in [5.41, 5.74) is 0.328. The van der Waals surface area contributed by atoms with E-state index in [1.54, 1.807) is 6.08 Å². The van der Waals surface area contributed by atoms with E-state index in [9.17, 15) is 22.8 Å². The molecule has 1 amide bonds. The Morgan fingerprint density at radius 1 is 1.20 bits per heavy atom. The van der Waals surface area contributed by atoms with Gasteiger partial charge in [-0.25, -0.2) is 9.55 Å². The number of aromatic nitrogens is 2. The molecule has 2 heterocycles. The monoisotopic (exact) mass is 423 g/mol. The first kappa shape index (κ1) is 21.4. The average molecular weight is 423 g/mol. The first-order chi connectivity index (χ1) is 14.3. The first-order valence-corrected chi connectivity index (χ1v) is 9.29. The lowest BCUT2D eigenvalue weighted by molar-refractivity contribution is -0.153. The molecule has 160 valence electrons. The Labute approximate surface area is 170 Å². The fraction of sp³-hybridized carbons (Fsp3) is 0.350. The predicted molar refractivity (Wildman–Crippen MR) is 102 cm³/mol. The van der Waals surface area contributed by atoms with Crippen LogP contribution in [-0.2, 0) is 4.79 Å². The van der Waals surface area contributed by atoms with Gasteiger partial charge in [0.25, 0.3) is 5.56 Å². The summed E-state index contributed by atoms with van der Waals surface area (Å²) in [4.78, 5) is 28.9. The van der Waals surface area contributed by atoms with Crippen LogP contribution < -0.4 is 20.3 Å². The largest absolute Gasteiger partial charge is 0.484 e. The molecule has 0 saturated carbocycles. The van der Waals surface area contributed by atoms with Crippen LogP contribution in [0.15, 0.2) is 47.4 Å². The second-order valence-electron chi connectivity index (χ2n) is 6.62. The van der Waals surface area contributed by atoms with Crippen molar-refractivity contribution >= 4 is 5.91 Å². The fourth-order valence-electron chi connectivity index (χ4n) is 2.84. The Morgan fingerprint density at radius 3 is 2.57 bits per heavy atom. The molecular formula is C20H20F3N3O4. The summed E-state index contributed by atoms with van der Waals surface area (Å²) in [5, 5.41) is 2.56. The van der Waals surface area contributed by atoms with Crippen molar-refractivity contribution in [1.29, 1.82) is 0 Å². The van der Waals surface area contributed by atoms with Gasteiger partial charge in [0.1, 0.15) is 5.75 Å². The molecule has 0 saturated heterocycles. The Balaban J connectivity index is 1.93. The highest BCUT2D eigenvalue weighted by molar-refractivity contribution is 5.79. The van der Waals surface area contributed by atoms with Crippen molar-refractivity contribution in [2.45, 2.75) is 31.9 Å². The molecule has 1 atom stereocenters. The highest BCUT2D eigenvalue weighted by Crippen LogP contribution is 2.25. The van der Waals surface area contributed by atoms with E-state index in [4.69, 9.17) is 9.47 Å². The van der Waals surface area contributed by atoms with Crippen LogP contribution in [0.5, 0.6) is 11.8 Å².